The molecule has 142 valence electrons. The van der Waals surface area contributed by atoms with Crippen LogP contribution < -0.4 is 4.74 Å². The quantitative estimate of drug-likeness (QED) is 0.183. The van der Waals surface area contributed by atoms with Crippen LogP contribution in [0.2, 0.25) is 0 Å². The number of ether oxygens (including phenoxy) is 1. The number of hydrogen-bond acceptors (Lipinski definition) is 3. The van der Waals surface area contributed by atoms with Gasteiger partial charge in [0.25, 0.3) is 0 Å². The van der Waals surface area contributed by atoms with Crippen molar-refractivity contribution in [3.63, 3.8) is 0 Å². The fraction of sp³-hybridized carbons (Fsp3) is 0.0400. The molecule has 0 radical (unpaired) electrons. The average Bonchev–Trinajstić information content (AvgIpc) is 2.72. The zero-order valence-electron chi connectivity index (χ0n) is 15.8. The molecular weight excluding hydrogens is 365 g/mol. The predicted molar refractivity (Wildman–Crippen MR) is 112 cm³/mol. The van der Waals surface area contributed by atoms with Crippen LogP contribution in [-0.4, -0.2) is 5.97 Å². The average molecular weight is 383 g/mol. The van der Waals surface area contributed by atoms with E-state index in [0.717, 1.165) is 11.1 Å². The highest BCUT2D eigenvalue weighted by molar-refractivity contribution is 5.91. The Morgan fingerprint density at radius 2 is 1.76 bits per heavy atom. The van der Waals surface area contributed by atoms with Gasteiger partial charge in [-0.05, 0) is 48.4 Å². The summed E-state index contributed by atoms with van der Waals surface area (Å²) >= 11 is 0. The van der Waals surface area contributed by atoms with Gasteiger partial charge in [-0.2, -0.15) is 5.26 Å². The Balaban J connectivity index is 1.75. The van der Waals surface area contributed by atoms with Crippen LogP contribution in [0.25, 0.3) is 17.7 Å². The second kappa shape index (κ2) is 9.29. The first kappa shape index (κ1) is 19.8. The third-order valence-electron chi connectivity index (χ3n) is 4.16. The van der Waals surface area contributed by atoms with Crippen molar-refractivity contribution in [2.24, 2.45) is 0 Å². The number of esters is 1. The van der Waals surface area contributed by atoms with Crippen molar-refractivity contribution in [2.75, 3.05) is 0 Å². The van der Waals surface area contributed by atoms with Crippen molar-refractivity contribution in [3.05, 3.63) is 107 Å². The molecule has 3 aromatic carbocycles. The van der Waals surface area contributed by atoms with Crippen molar-refractivity contribution in [2.45, 2.75) is 6.92 Å². The normalized spacial score (nSPS) is 11.3. The SMILES string of the molecule is Cc1ccc(/C=C/C(=O)Oc2cccc(/C=C(/C#N)c3ccccc3F)c2)cc1. The Labute approximate surface area is 169 Å². The summed E-state index contributed by atoms with van der Waals surface area (Å²) in [6, 6.07) is 22.6. The number of allylic oxidation sites excluding steroid dienone is 1. The van der Waals surface area contributed by atoms with Crippen molar-refractivity contribution >= 4 is 23.7 Å². The lowest BCUT2D eigenvalue weighted by Gasteiger charge is -2.04. The number of aryl methyl sites for hydroxylation is 1. The molecule has 0 aliphatic rings. The van der Waals surface area contributed by atoms with E-state index in [4.69, 9.17) is 4.74 Å². The number of halogens is 1. The molecule has 4 heteroatoms. The Morgan fingerprint density at radius 3 is 2.48 bits per heavy atom. The molecule has 0 saturated heterocycles. The lowest BCUT2D eigenvalue weighted by Crippen LogP contribution is -2.03. The van der Waals surface area contributed by atoms with Gasteiger partial charge in [-0.15, -0.1) is 0 Å². The second-order valence-corrected chi connectivity index (χ2v) is 6.39. The third-order valence-corrected chi connectivity index (χ3v) is 4.16. The summed E-state index contributed by atoms with van der Waals surface area (Å²) in [6.07, 6.45) is 4.59. The van der Waals surface area contributed by atoms with E-state index >= 15 is 0 Å². The van der Waals surface area contributed by atoms with Crippen LogP contribution in [0.3, 0.4) is 0 Å². The van der Waals surface area contributed by atoms with Gasteiger partial charge in [-0.25, -0.2) is 9.18 Å². The summed E-state index contributed by atoms with van der Waals surface area (Å²) in [6.45, 7) is 1.99. The number of benzene rings is 3. The first-order valence-electron chi connectivity index (χ1n) is 8.98. The molecule has 0 unspecified atom stereocenters. The van der Waals surface area contributed by atoms with E-state index in [1.807, 2.05) is 37.3 Å². The van der Waals surface area contributed by atoms with Gasteiger partial charge >= 0.3 is 5.97 Å². The smallest absolute Gasteiger partial charge is 0.336 e. The Hall–Kier alpha value is -3.97. The Kier molecular flexibility index (Phi) is 6.34. The molecule has 0 saturated carbocycles. The maximum atomic E-state index is 14.0. The monoisotopic (exact) mass is 383 g/mol. The van der Waals surface area contributed by atoms with E-state index in [1.165, 1.54) is 12.1 Å². The lowest BCUT2D eigenvalue weighted by molar-refractivity contribution is -0.128. The van der Waals surface area contributed by atoms with Gasteiger partial charge in [-0.3, -0.25) is 0 Å². The molecule has 0 aliphatic carbocycles. The number of nitriles is 1. The summed E-state index contributed by atoms with van der Waals surface area (Å²) in [7, 11) is 0. The molecule has 0 aromatic heterocycles. The number of rotatable bonds is 5. The molecule has 3 aromatic rings. The predicted octanol–water partition coefficient (Wildman–Crippen LogP) is 5.82. The van der Waals surface area contributed by atoms with Crippen LogP contribution in [0.1, 0.15) is 22.3 Å². The van der Waals surface area contributed by atoms with Gasteiger partial charge < -0.3 is 4.74 Å². The van der Waals surface area contributed by atoms with E-state index in [2.05, 4.69) is 0 Å². The van der Waals surface area contributed by atoms with Crippen LogP contribution in [0.4, 0.5) is 4.39 Å². The summed E-state index contributed by atoms with van der Waals surface area (Å²) in [5.41, 5.74) is 3.07. The highest BCUT2D eigenvalue weighted by Gasteiger charge is 2.07. The molecular formula is C25H18FNO2. The standard InChI is InChI=1S/C25H18FNO2/c1-18-9-11-19(12-10-18)13-14-25(28)29-22-6-4-5-20(16-22)15-21(17-27)23-7-2-3-8-24(23)26/h2-16H,1H3/b14-13+,21-15-. The molecule has 0 heterocycles. The van der Waals surface area contributed by atoms with Gasteiger partial charge in [0.15, 0.2) is 0 Å². The molecule has 0 amide bonds. The Bertz CT molecular complexity index is 1120. The molecule has 0 N–H and O–H groups in total. The first-order chi connectivity index (χ1) is 14.0. The molecule has 29 heavy (non-hydrogen) atoms. The van der Waals surface area contributed by atoms with Crippen molar-refractivity contribution < 1.29 is 13.9 Å². The van der Waals surface area contributed by atoms with Crippen molar-refractivity contribution in [1.29, 1.82) is 5.26 Å². The zero-order valence-corrected chi connectivity index (χ0v) is 15.8. The van der Waals surface area contributed by atoms with Crippen molar-refractivity contribution in [1.82, 2.24) is 0 Å². The number of carbonyl (C=O) groups excluding carboxylic acids is 1. The zero-order chi connectivity index (χ0) is 20.6. The van der Waals surface area contributed by atoms with E-state index in [0.29, 0.717) is 11.3 Å². The molecule has 3 rings (SSSR count). The highest BCUT2D eigenvalue weighted by atomic mass is 19.1. The van der Waals surface area contributed by atoms with Crippen molar-refractivity contribution in [3.8, 4) is 11.8 Å². The van der Waals surface area contributed by atoms with Gasteiger partial charge in [0.05, 0.1) is 11.6 Å². The minimum absolute atomic E-state index is 0.186. The number of nitrogens with zero attached hydrogens (tertiary/aromatic N) is 1. The molecule has 0 bridgehead atoms. The molecule has 3 nitrogen and oxygen atoms in total. The van der Waals surface area contributed by atoms with Gasteiger partial charge in [-0.1, -0.05) is 60.2 Å². The number of carbonyl (C=O) groups is 1. The molecule has 0 atom stereocenters. The lowest BCUT2D eigenvalue weighted by atomic mass is 10.0. The topological polar surface area (TPSA) is 50.1 Å². The second-order valence-electron chi connectivity index (χ2n) is 6.39. The summed E-state index contributed by atoms with van der Waals surface area (Å²) < 4.78 is 19.3. The molecule has 0 aliphatic heterocycles. The third kappa shape index (κ3) is 5.50. The van der Waals surface area contributed by atoms with Gasteiger partial charge in [0.2, 0.25) is 0 Å². The van der Waals surface area contributed by atoms with E-state index in [9.17, 15) is 14.4 Å². The van der Waals surface area contributed by atoms with Crippen LogP contribution >= 0.6 is 0 Å². The van der Waals surface area contributed by atoms with Gasteiger partial charge in [0.1, 0.15) is 11.6 Å². The largest absolute Gasteiger partial charge is 0.423 e. The molecule has 0 spiro atoms. The first-order valence-corrected chi connectivity index (χ1v) is 8.98. The van der Waals surface area contributed by atoms with Crippen LogP contribution in [-0.2, 0) is 4.79 Å². The summed E-state index contributed by atoms with van der Waals surface area (Å²) in [4.78, 5) is 12.1. The van der Waals surface area contributed by atoms with Gasteiger partial charge in [0, 0.05) is 11.6 Å². The summed E-state index contributed by atoms with van der Waals surface area (Å²) in [5.74, 6) is -0.645. The molecule has 0 fully saturated rings. The van der Waals surface area contributed by atoms with Crippen LogP contribution in [0.15, 0.2) is 78.9 Å². The number of hydrogen-bond donors (Lipinski definition) is 0. The summed E-state index contributed by atoms with van der Waals surface area (Å²) in [5, 5.41) is 9.40. The van der Waals surface area contributed by atoms with Crippen LogP contribution in [0, 0.1) is 24.1 Å². The van der Waals surface area contributed by atoms with E-state index in [-0.39, 0.29) is 11.1 Å². The van der Waals surface area contributed by atoms with Crippen LogP contribution in [0.5, 0.6) is 5.75 Å². The fourth-order valence-electron chi connectivity index (χ4n) is 2.68. The Morgan fingerprint density at radius 1 is 1.00 bits per heavy atom. The minimum Gasteiger partial charge on any atom is -0.423 e. The maximum Gasteiger partial charge on any atom is 0.336 e. The van der Waals surface area contributed by atoms with E-state index in [1.54, 1.807) is 54.6 Å². The fourth-order valence-corrected chi connectivity index (χ4v) is 2.68. The minimum atomic E-state index is -0.513. The van der Waals surface area contributed by atoms with E-state index < -0.39 is 11.8 Å². The highest BCUT2D eigenvalue weighted by Crippen LogP contribution is 2.22. The maximum absolute atomic E-state index is 14.0.